The Balaban J connectivity index is 0.000000321. The third kappa shape index (κ3) is 5.20. The highest BCUT2D eigenvalue weighted by Crippen LogP contribution is 2.32. The number of nitrogens with zero attached hydrogens (tertiary/aromatic N) is 3. The first-order valence-electron chi connectivity index (χ1n) is 8.56. The number of carboxylic acid groups (broad SMARTS) is 1. The van der Waals surface area contributed by atoms with Gasteiger partial charge in [0.15, 0.2) is 0 Å². The molecular weight excluding hydrogens is 383 g/mol. The molecule has 1 aromatic rings. The smallest absolute Gasteiger partial charge is 0.475 e. The molecule has 2 aliphatic rings. The molecule has 1 amide bonds. The first kappa shape index (κ1) is 21.6. The number of likely N-dealkylation sites (N-methyl/N-ethyl adjacent to an activating group) is 2. The number of amides is 1. The molecule has 1 spiro atoms. The third-order valence-corrected chi connectivity index (χ3v) is 5.89. The summed E-state index contributed by atoms with van der Waals surface area (Å²) < 4.78 is 31.7. The van der Waals surface area contributed by atoms with Gasteiger partial charge in [-0.15, -0.1) is 0 Å². The van der Waals surface area contributed by atoms with Gasteiger partial charge >= 0.3 is 12.1 Å². The first-order valence-corrected chi connectivity index (χ1v) is 9.51. The van der Waals surface area contributed by atoms with Crippen LogP contribution in [0.4, 0.5) is 13.2 Å². The monoisotopic (exact) mass is 407 g/mol. The van der Waals surface area contributed by atoms with Gasteiger partial charge in [0.2, 0.25) is 5.91 Å². The molecule has 0 aromatic carbocycles. The molecule has 2 saturated heterocycles. The van der Waals surface area contributed by atoms with Crippen molar-refractivity contribution in [2.24, 2.45) is 0 Å². The van der Waals surface area contributed by atoms with E-state index in [0.717, 1.165) is 45.6 Å². The Morgan fingerprint density at radius 3 is 2.30 bits per heavy atom. The molecule has 3 rings (SSSR count). The predicted molar refractivity (Wildman–Crippen MR) is 95.5 cm³/mol. The lowest BCUT2D eigenvalue weighted by Crippen LogP contribution is -2.66. The quantitative estimate of drug-likeness (QED) is 0.814. The molecule has 0 atom stereocenters. The van der Waals surface area contributed by atoms with Gasteiger partial charge in [0.05, 0.1) is 0 Å². The van der Waals surface area contributed by atoms with Crippen LogP contribution in [0, 0.1) is 0 Å². The minimum absolute atomic E-state index is 0.238. The molecule has 10 heteroatoms. The van der Waals surface area contributed by atoms with Crippen molar-refractivity contribution in [1.29, 1.82) is 0 Å². The van der Waals surface area contributed by atoms with Crippen molar-refractivity contribution < 1.29 is 27.9 Å². The minimum atomic E-state index is -5.08. The van der Waals surface area contributed by atoms with Crippen LogP contribution < -0.4 is 0 Å². The number of alkyl halides is 3. The zero-order valence-corrected chi connectivity index (χ0v) is 16.1. The van der Waals surface area contributed by atoms with Crippen LogP contribution in [0.1, 0.15) is 18.4 Å². The molecule has 0 radical (unpaired) electrons. The maximum atomic E-state index is 12.6. The van der Waals surface area contributed by atoms with Crippen molar-refractivity contribution in [2.45, 2.75) is 31.1 Å². The summed E-state index contributed by atoms with van der Waals surface area (Å²) in [5, 5.41) is 11.5. The van der Waals surface area contributed by atoms with Gasteiger partial charge in [-0.3, -0.25) is 14.6 Å². The van der Waals surface area contributed by atoms with Crippen molar-refractivity contribution in [2.75, 3.05) is 40.3 Å². The van der Waals surface area contributed by atoms with Crippen LogP contribution in [0.15, 0.2) is 16.8 Å². The average molecular weight is 407 g/mol. The Bertz CT molecular complexity index is 644. The summed E-state index contributed by atoms with van der Waals surface area (Å²) in [6, 6.07) is 2.20. The van der Waals surface area contributed by atoms with Gasteiger partial charge in [-0.05, 0) is 42.3 Å². The van der Waals surface area contributed by atoms with Gasteiger partial charge in [0.25, 0.3) is 0 Å². The summed E-state index contributed by atoms with van der Waals surface area (Å²) in [5.41, 5.74) is 1.16. The van der Waals surface area contributed by atoms with Crippen LogP contribution in [0.25, 0.3) is 0 Å². The Morgan fingerprint density at radius 1 is 1.22 bits per heavy atom. The second-order valence-corrected chi connectivity index (χ2v) is 7.67. The van der Waals surface area contributed by atoms with Gasteiger partial charge in [0.1, 0.15) is 5.54 Å². The van der Waals surface area contributed by atoms with Gasteiger partial charge in [-0.25, -0.2) is 4.79 Å². The van der Waals surface area contributed by atoms with E-state index in [2.05, 4.69) is 33.7 Å². The molecule has 6 nitrogen and oxygen atoms in total. The molecule has 0 saturated carbocycles. The molecule has 1 N–H and O–H groups in total. The Morgan fingerprint density at radius 2 is 1.81 bits per heavy atom. The second kappa shape index (κ2) is 8.57. The number of piperazine rings is 1. The summed E-state index contributed by atoms with van der Waals surface area (Å²) in [6.45, 7) is 4.90. The van der Waals surface area contributed by atoms with Crippen LogP contribution in [-0.2, 0) is 16.1 Å². The topological polar surface area (TPSA) is 64.1 Å². The lowest BCUT2D eigenvalue weighted by molar-refractivity contribution is -0.192. The third-order valence-electron chi connectivity index (χ3n) is 5.16. The number of aliphatic carboxylic acids is 1. The number of piperidine rings is 1. The highest BCUT2D eigenvalue weighted by Gasteiger charge is 2.48. The van der Waals surface area contributed by atoms with Crippen LogP contribution in [-0.4, -0.2) is 83.7 Å². The van der Waals surface area contributed by atoms with Gasteiger partial charge in [-0.2, -0.15) is 24.5 Å². The molecule has 2 aliphatic heterocycles. The van der Waals surface area contributed by atoms with E-state index in [1.807, 2.05) is 11.9 Å². The molecule has 27 heavy (non-hydrogen) atoms. The number of hydrogen-bond donors (Lipinski definition) is 1. The minimum Gasteiger partial charge on any atom is -0.475 e. The van der Waals surface area contributed by atoms with E-state index in [4.69, 9.17) is 9.90 Å². The molecule has 0 aliphatic carbocycles. The number of carbonyl (C=O) groups is 2. The Labute approximate surface area is 160 Å². The van der Waals surface area contributed by atoms with E-state index in [1.165, 1.54) is 5.56 Å². The summed E-state index contributed by atoms with van der Waals surface area (Å²) in [5.74, 6) is -2.44. The largest absolute Gasteiger partial charge is 0.490 e. The molecule has 2 fully saturated rings. The lowest BCUT2D eigenvalue weighted by Gasteiger charge is -2.50. The fourth-order valence-corrected chi connectivity index (χ4v) is 4.11. The fourth-order valence-electron chi connectivity index (χ4n) is 3.45. The zero-order chi connectivity index (χ0) is 20.2. The average Bonchev–Trinajstić information content (AvgIpc) is 3.11. The van der Waals surface area contributed by atoms with E-state index in [1.54, 1.807) is 11.3 Å². The Hall–Kier alpha value is -1.65. The number of thiophene rings is 1. The fraction of sp³-hybridized carbons (Fsp3) is 0.647. The van der Waals surface area contributed by atoms with E-state index in [-0.39, 0.29) is 5.54 Å². The number of likely N-dealkylation sites (tertiary alicyclic amines) is 1. The molecule has 0 unspecified atom stereocenters. The van der Waals surface area contributed by atoms with Crippen LogP contribution in [0.5, 0.6) is 0 Å². The van der Waals surface area contributed by atoms with Gasteiger partial charge in [0, 0.05) is 39.8 Å². The molecule has 3 heterocycles. The number of hydrogen-bond acceptors (Lipinski definition) is 5. The summed E-state index contributed by atoms with van der Waals surface area (Å²) in [7, 11) is 4.05. The van der Waals surface area contributed by atoms with E-state index in [9.17, 15) is 18.0 Å². The van der Waals surface area contributed by atoms with Crippen molar-refractivity contribution in [3.8, 4) is 0 Å². The molecule has 1 aromatic heterocycles. The van der Waals surface area contributed by atoms with Crippen molar-refractivity contribution in [3.63, 3.8) is 0 Å². The van der Waals surface area contributed by atoms with Gasteiger partial charge < -0.3 is 10.0 Å². The molecule has 0 bridgehead atoms. The lowest BCUT2D eigenvalue weighted by atomic mass is 9.83. The Kier molecular flexibility index (Phi) is 6.87. The standard InChI is InChI=1S/C15H23N3OS.C2HF3O2/c1-16-8-9-17(2)15(14(16)19)4-6-18(7-5-15)11-13-3-10-20-12-13;3-2(4,5)1(6)7/h3,10,12H,4-9,11H2,1-2H3;(H,6,7). The molecule has 152 valence electrons. The highest BCUT2D eigenvalue weighted by atomic mass is 32.1. The van der Waals surface area contributed by atoms with Gasteiger partial charge in [-0.1, -0.05) is 0 Å². The van der Waals surface area contributed by atoms with Crippen molar-refractivity contribution in [3.05, 3.63) is 22.4 Å². The normalized spacial score (nSPS) is 21.1. The SMILES string of the molecule is CN1CCN(C)C2(CCN(Cc3ccsc3)CC2)C1=O.O=C(O)C(F)(F)F. The van der Waals surface area contributed by atoms with Crippen LogP contribution >= 0.6 is 11.3 Å². The first-order chi connectivity index (χ1) is 12.6. The molecular formula is C17H24F3N3O3S. The zero-order valence-electron chi connectivity index (χ0n) is 15.3. The highest BCUT2D eigenvalue weighted by molar-refractivity contribution is 7.07. The van der Waals surface area contributed by atoms with Crippen molar-refractivity contribution >= 4 is 23.2 Å². The summed E-state index contributed by atoms with van der Waals surface area (Å²) in [4.78, 5) is 28.2. The maximum absolute atomic E-state index is 12.6. The van der Waals surface area contributed by atoms with Crippen LogP contribution in [0.2, 0.25) is 0 Å². The van der Waals surface area contributed by atoms with E-state index < -0.39 is 12.1 Å². The number of halogens is 3. The van der Waals surface area contributed by atoms with Crippen LogP contribution in [0.3, 0.4) is 0 Å². The predicted octanol–water partition coefficient (Wildman–Crippen LogP) is 2.12. The maximum Gasteiger partial charge on any atom is 0.490 e. The van der Waals surface area contributed by atoms with E-state index in [0.29, 0.717) is 5.91 Å². The summed E-state index contributed by atoms with van der Waals surface area (Å²) in [6.07, 6.45) is -3.17. The number of carbonyl (C=O) groups excluding carboxylic acids is 1. The van der Waals surface area contributed by atoms with Crippen molar-refractivity contribution in [1.82, 2.24) is 14.7 Å². The second-order valence-electron chi connectivity index (χ2n) is 6.89. The number of rotatable bonds is 2. The summed E-state index contributed by atoms with van der Waals surface area (Å²) >= 11 is 1.76. The number of carboxylic acids is 1. The van der Waals surface area contributed by atoms with E-state index >= 15 is 0 Å².